The molecule has 5 nitrogen and oxygen atoms in total. The van der Waals surface area contributed by atoms with Crippen LogP contribution < -0.4 is 0 Å². The maximum atomic E-state index is 10.6. The number of aliphatic carboxylic acids is 1. The molecule has 0 aromatic carbocycles. The van der Waals surface area contributed by atoms with Gasteiger partial charge in [0, 0.05) is 18.1 Å². The van der Waals surface area contributed by atoms with Gasteiger partial charge >= 0.3 is 12.1 Å². The highest BCUT2D eigenvalue weighted by atomic mass is 19.4. The van der Waals surface area contributed by atoms with Crippen LogP contribution in [-0.2, 0) is 14.3 Å². The molecule has 0 bridgehead atoms. The van der Waals surface area contributed by atoms with Crippen LogP contribution in [0.25, 0.3) is 0 Å². The lowest BCUT2D eigenvalue weighted by molar-refractivity contribution is -0.192. The van der Waals surface area contributed by atoms with E-state index in [9.17, 15) is 13.2 Å². The largest absolute Gasteiger partial charge is 0.490 e. The van der Waals surface area contributed by atoms with Crippen molar-refractivity contribution in [2.24, 2.45) is 5.41 Å². The van der Waals surface area contributed by atoms with E-state index in [1.54, 1.807) is 0 Å². The van der Waals surface area contributed by atoms with Crippen LogP contribution in [0.4, 0.5) is 13.2 Å². The van der Waals surface area contributed by atoms with E-state index >= 15 is 0 Å². The molecule has 3 aliphatic rings. The molecule has 8 heteroatoms. The molecule has 3 aliphatic heterocycles. The first kappa shape index (κ1) is 16.5. The zero-order valence-corrected chi connectivity index (χ0v) is 11.7. The first-order chi connectivity index (χ1) is 9.82. The van der Waals surface area contributed by atoms with Crippen molar-refractivity contribution >= 4 is 5.97 Å². The molecule has 0 aliphatic carbocycles. The average Bonchev–Trinajstić information content (AvgIpc) is 2.90. The van der Waals surface area contributed by atoms with Crippen molar-refractivity contribution in [1.29, 1.82) is 0 Å². The van der Waals surface area contributed by atoms with Gasteiger partial charge in [-0.2, -0.15) is 13.2 Å². The Kier molecular flexibility index (Phi) is 5.11. The maximum Gasteiger partial charge on any atom is 0.490 e. The molecule has 0 saturated carbocycles. The van der Waals surface area contributed by atoms with Crippen LogP contribution in [0.1, 0.15) is 19.3 Å². The molecule has 21 heavy (non-hydrogen) atoms. The van der Waals surface area contributed by atoms with E-state index in [1.807, 2.05) is 0 Å². The van der Waals surface area contributed by atoms with Gasteiger partial charge in [0.15, 0.2) is 0 Å². The number of rotatable bonds is 1. The lowest BCUT2D eigenvalue weighted by Gasteiger charge is -2.48. The molecule has 0 aromatic rings. The number of nitrogens with zero attached hydrogens (tertiary/aromatic N) is 1. The average molecular weight is 311 g/mol. The van der Waals surface area contributed by atoms with E-state index in [0.29, 0.717) is 11.5 Å². The van der Waals surface area contributed by atoms with Gasteiger partial charge in [-0.3, -0.25) is 4.90 Å². The van der Waals surface area contributed by atoms with Gasteiger partial charge in [0.2, 0.25) is 0 Å². The molecule has 3 fully saturated rings. The van der Waals surface area contributed by atoms with Crippen molar-refractivity contribution in [1.82, 2.24) is 4.90 Å². The monoisotopic (exact) mass is 311 g/mol. The van der Waals surface area contributed by atoms with Crippen LogP contribution >= 0.6 is 0 Å². The fourth-order valence-corrected chi connectivity index (χ4v) is 2.85. The second-order valence-electron chi connectivity index (χ2n) is 5.85. The van der Waals surface area contributed by atoms with Crippen LogP contribution in [-0.4, -0.2) is 67.7 Å². The highest BCUT2D eigenvalue weighted by molar-refractivity contribution is 5.73. The lowest BCUT2D eigenvalue weighted by Crippen LogP contribution is -2.53. The zero-order chi connectivity index (χ0) is 15.5. The molecule has 122 valence electrons. The molecule has 1 spiro atoms. The molecule has 1 N–H and O–H groups in total. The number of carboxylic acids is 1. The van der Waals surface area contributed by atoms with E-state index in [0.717, 1.165) is 26.4 Å². The van der Waals surface area contributed by atoms with E-state index in [1.165, 1.54) is 32.4 Å². The number of carboxylic acid groups (broad SMARTS) is 1. The molecule has 3 rings (SSSR count). The Balaban J connectivity index is 0.000000199. The zero-order valence-electron chi connectivity index (χ0n) is 11.7. The third kappa shape index (κ3) is 4.31. The second kappa shape index (κ2) is 6.50. The number of alkyl halides is 3. The summed E-state index contributed by atoms with van der Waals surface area (Å²) >= 11 is 0. The summed E-state index contributed by atoms with van der Waals surface area (Å²) in [5, 5.41) is 7.12. The van der Waals surface area contributed by atoms with E-state index < -0.39 is 12.1 Å². The Morgan fingerprint density at radius 2 is 1.76 bits per heavy atom. The molecule has 0 radical (unpaired) electrons. The van der Waals surface area contributed by atoms with Crippen LogP contribution in [0.5, 0.6) is 0 Å². The number of carbonyl (C=O) groups is 1. The van der Waals surface area contributed by atoms with Crippen molar-refractivity contribution < 1.29 is 32.5 Å². The summed E-state index contributed by atoms with van der Waals surface area (Å²) in [6.45, 7) is 6.48. The number of likely N-dealkylation sites (tertiary alicyclic amines) is 1. The third-order valence-electron chi connectivity index (χ3n) is 4.34. The smallest absolute Gasteiger partial charge is 0.475 e. The van der Waals surface area contributed by atoms with Crippen LogP contribution in [0, 0.1) is 5.41 Å². The van der Waals surface area contributed by atoms with Gasteiger partial charge in [-0.05, 0) is 32.4 Å². The summed E-state index contributed by atoms with van der Waals surface area (Å²) in [5.41, 5.74) is 0.579. The molecule has 0 aromatic heterocycles. The van der Waals surface area contributed by atoms with E-state index in [2.05, 4.69) is 4.90 Å². The Labute approximate surface area is 121 Å². The Hall–Kier alpha value is -0.860. The van der Waals surface area contributed by atoms with Gasteiger partial charge in [0.05, 0.1) is 19.8 Å². The Morgan fingerprint density at radius 1 is 1.19 bits per heavy atom. The fourth-order valence-electron chi connectivity index (χ4n) is 2.85. The van der Waals surface area contributed by atoms with Crippen molar-refractivity contribution in [3.05, 3.63) is 0 Å². The molecule has 3 saturated heterocycles. The van der Waals surface area contributed by atoms with Gasteiger partial charge in [-0.25, -0.2) is 4.79 Å². The minimum absolute atomic E-state index is 0.579. The summed E-state index contributed by atoms with van der Waals surface area (Å²) in [4.78, 5) is 11.5. The highest BCUT2D eigenvalue weighted by Crippen LogP contribution is 2.39. The first-order valence-electron chi connectivity index (χ1n) is 7.02. The topological polar surface area (TPSA) is 59.0 Å². The first-order valence-corrected chi connectivity index (χ1v) is 7.02. The second-order valence-corrected chi connectivity index (χ2v) is 5.85. The lowest BCUT2D eigenvalue weighted by atomic mass is 9.76. The summed E-state index contributed by atoms with van der Waals surface area (Å²) in [5.74, 6) is -2.76. The quantitative estimate of drug-likeness (QED) is 0.796. The van der Waals surface area contributed by atoms with Crippen LogP contribution in [0.2, 0.25) is 0 Å². The molecule has 0 amide bonds. The predicted octanol–water partition coefficient (Wildman–Crippen LogP) is 1.52. The van der Waals surface area contributed by atoms with E-state index in [4.69, 9.17) is 19.4 Å². The number of halogens is 3. The normalized spacial score (nSPS) is 28.6. The fraction of sp³-hybridized carbons (Fsp3) is 0.923. The van der Waals surface area contributed by atoms with E-state index in [-0.39, 0.29) is 0 Å². The number of ether oxygens (including phenoxy) is 2. The van der Waals surface area contributed by atoms with Crippen molar-refractivity contribution in [3.8, 4) is 0 Å². The molecule has 1 unspecified atom stereocenters. The van der Waals surface area contributed by atoms with Crippen LogP contribution in [0.3, 0.4) is 0 Å². The minimum Gasteiger partial charge on any atom is -0.475 e. The molecule has 3 heterocycles. The van der Waals surface area contributed by atoms with Gasteiger partial charge < -0.3 is 14.6 Å². The van der Waals surface area contributed by atoms with Crippen molar-refractivity contribution in [2.75, 3.05) is 39.5 Å². The Morgan fingerprint density at radius 3 is 2.10 bits per heavy atom. The van der Waals surface area contributed by atoms with Gasteiger partial charge in [0.1, 0.15) is 0 Å². The van der Waals surface area contributed by atoms with Gasteiger partial charge in [0.25, 0.3) is 0 Å². The number of hydrogen-bond acceptors (Lipinski definition) is 4. The minimum atomic E-state index is -5.08. The SMILES string of the molecule is C1CC(N2CCC3(CC2)COC3)CO1.O=C(O)C(F)(F)F. The number of piperidine rings is 1. The highest BCUT2D eigenvalue weighted by Gasteiger charge is 2.42. The standard InChI is InChI=1S/C11H19NO2.C2HF3O2/c1-6-13-7-10(1)12-4-2-11(3-5-12)8-14-9-11;3-2(4,5)1(6)7/h10H,1-9H2;(H,6,7). The van der Waals surface area contributed by atoms with Crippen molar-refractivity contribution in [2.45, 2.75) is 31.5 Å². The van der Waals surface area contributed by atoms with Crippen LogP contribution in [0.15, 0.2) is 0 Å². The van der Waals surface area contributed by atoms with Crippen molar-refractivity contribution in [3.63, 3.8) is 0 Å². The summed E-state index contributed by atoms with van der Waals surface area (Å²) < 4.78 is 42.5. The molecular formula is C13H20F3NO4. The predicted molar refractivity (Wildman–Crippen MR) is 67.0 cm³/mol. The summed E-state index contributed by atoms with van der Waals surface area (Å²) in [6, 6.07) is 0.716. The van der Waals surface area contributed by atoms with Gasteiger partial charge in [-0.15, -0.1) is 0 Å². The molecular weight excluding hydrogens is 291 g/mol. The summed E-state index contributed by atoms with van der Waals surface area (Å²) in [7, 11) is 0. The third-order valence-corrected chi connectivity index (χ3v) is 4.34. The Bertz CT molecular complexity index is 355. The molecule has 1 atom stereocenters. The summed E-state index contributed by atoms with van der Waals surface area (Å²) in [6.07, 6.45) is -1.17. The maximum absolute atomic E-state index is 10.6. The van der Waals surface area contributed by atoms with Gasteiger partial charge in [-0.1, -0.05) is 0 Å². The number of hydrogen-bond donors (Lipinski definition) is 1.